The normalized spacial score (nSPS) is 17.7. The van der Waals surface area contributed by atoms with Gasteiger partial charge in [-0.15, -0.1) is 0 Å². The van der Waals surface area contributed by atoms with Crippen molar-refractivity contribution in [3.8, 4) is 0 Å². The van der Waals surface area contributed by atoms with Gasteiger partial charge in [-0.2, -0.15) is 5.10 Å². The van der Waals surface area contributed by atoms with Gasteiger partial charge < -0.3 is 14.6 Å². The maximum absolute atomic E-state index is 12.7. The van der Waals surface area contributed by atoms with Gasteiger partial charge in [-0.3, -0.25) is 14.3 Å². The van der Waals surface area contributed by atoms with Gasteiger partial charge in [-0.25, -0.2) is 4.98 Å². The number of H-pyrrole nitrogens is 1. The molecule has 2 aromatic rings. The van der Waals surface area contributed by atoms with Crippen molar-refractivity contribution in [2.45, 2.75) is 39.3 Å². The second-order valence-corrected chi connectivity index (χ2v) is 6.17. The zero-order chi connectivity index (χ0) is 17.8. The third-order valence-electron chi connectivity index (χ3n) is 4.38. The van der Waals surface area contributed by atoms with Crippen LogP contribution < -0.4 is 5.56 Å². The molecule has 0 radical (unpaired) electrons. The first-order valence-electron chi connectivity index (χ1n) is 8.55. The summed E-state index contributed by atoms with van der Waals surface area (Å²) in [5.41, 5.74) is 2.04. The molecule has 2 aromatic heterocycles. The fourth-order valence-corrected chi connectivity index (χ4v) is 3.03. The van der Waals surface area contributed by atoms with Crippen molar-refractivity contribution >= 4 is 5.91 Å². The predicted octanol–water partition coefficient (Wildman–Crippen LogP) is 0.769. The molecule has 8 nitrogen and oxygen atoms in total. The van der Waals surface area contributed by atoms with E-state index in [1.807, 2.05) is 24.6 Å². The molecule has 0 aliphatic carbocycles. The average Bonchev–Trinajstić information content (AvgIpc) is 3.00. The molecule has 0 spiro atoms. The van der Waals surface area contributed by atoms with Crippen LogP contribution in [0.25, 0.3) is 0 Å². The van der Waals surface area contributed by atoms with Gasteiger partial charge in [-0.05, 0) is 32.8 Å². The number of carbonyl (C=O) groups is 1. The van der Waals surface area contributed by atoms with Crippen LogP contribution in [0.15, 0.2) is 23.3 Å². The Morgan fingerprint density at radius 3 is 3.00 bits per heavy atom. The molecule has 0 aromatic carbocycles. The molecule has 1 amide bonds. The Bertz CT molecular complexity index is 798. The Morgan fingerprint density at radius 1 is 1.44 bits per heavy atom. The smallest absolute Gasteiger partial charge is 0.274 e. The van der Waals surface area contributed by atoms with E-state index in [1.165, 1.54) is 12.4 Å². The fraction of sp³-hybridized carbons (Fsp3) is 0.529. The number of amides is 1. The Hall–Kier alpha value is -2.48. The summed E-state index contributed by atoms with van der Waals surface area (Å²) in [6, 6.07) is 3.32. The summed E-state index contributed by atoms with van der Waals surface area (Å²) >= 11 is 0. The number of aromatic amines is 1. The molecule has 8 heteroatoms. The van der Waals surface area contributed by atoms with E-state index in [-0.39, 0.29) is 17.6 Å². The minimum Gasteiger partial charge on any atom is -0.375 e. The van der Waals surface area contributed by atoms with E-state index in [4.69, 9.17) is 4.74 Å². The third-order valence-corrected chi connectivity index (χ3v) is 4.38. The third kappa shape index (κ3) is 4.14. The van der Waals surface area contributed by atoms with Crippen LogP contribution in [0.1, 0.15) is 35.2 Å². The first-order valence-corrected chi connectivity index (χ1v) is 8.55. The number of hydrogen-bond acceptors (Lipinski definition) is 5. The van der Waals surface area contributed by atoms with E-state index in [1.54, 1.807) is 4.90 Å². The fourth-order valence-electron chi connectivity index (χ4n) is 3.03. The number of hydrogen-bond donors (Lipinski definition) is 1. The number of ether oxygens (including phenoxy) is 1. The van der Waals surface area contributed by atoms with Gasteiger partial charge in [0.1, 0.15) is 0 Å². The summed E-state index contributed by atoms with van der Waals surface area (Å²) in [5, 5.41) is 4.37. The van der Waals surface area contributed by atoms with E-state index in [0.29, 0.717) is 38.2 Å². The summed E-state index contributed by atoms with van der Waals surface area (Å²) in [6.45, 7) is 6.29. The number of carbonyl (C=O) groups excluding carboxylic acids is 1. The van der Waals surface area contributed by atoms with Crippen LogP contribution in [0.4, 0.5) is 0 Å². The highest BCUT2D eigenvalue weighted by molar-refractivity contribution is 5.92. The first-order chi connectivity index (χ1) is 12.1. The molecule has 0 bridgehead atoms. The van der Waals surface area contributed by atoms with Crippen molar-refractivity contribution in [3.05, 3.63) is 45.9 Å². The van der Waals surface area contributed by atoms with Crippen LogP contribution in [-0.4, -0.2) is 56.4 Å². The molecule has 3 rings (SSSR count). The molecule has 1 aliphatic rings. The molecule has 1 N–H and O–H groups in total. The predicted molar refractivity (Wildman–Crippen MR) is 91.5 cm³/mol. The van der Waals surface area contributed by atoms with Crippen LogP contribution in [0.2, 0.25) is 0 Å². The van der Waals surface area contributed by atoms with E-state index in [0.717, 1.165) is 17.9 Å². The Morgan fingerprint density at radius 2 is 2.28 bits per heavy atom. The second-order valence-electron chi connectivity index (χ2n) is 6.17. The molecular weight excluding hydrogens is 322 g/mol. The van der Waals surface area contributed by atoms with Gasteiger partial charge in [0.2, 0.25) is 0 Å². The van der Waals surface area contributed by atoms with Crippen molar-refractivity contribution in [2.75, 3.05) is 19.7 Å². The molecule has 1 saturated heterocycles. The monoisotopic (exact) mass is 345 g/mol. The Labute approximate surface area is 145 Å². The van der Waals surface area contributed by atoms with Crippen LogP contribution in [-0.2, 0) is 17.7 Å². The number of aromatic nitrogens is 4. The van der Waals surface area contributed by atoms with Gasteiger partial charge in [0.05, 0.1) is 19.0 Å². The zero-order valence-corrected chi connectivity index (χ0v) is 14.6. The average molecular weight is 345 g/mol. The minimum atomic E-state index is -0.159. The molecule has 25 heavy (non-hydrogen) atoms. The minimum absolute atomic E-state index is 0.0575. The molecule has 134 valence electrons. The van der Waals surface area contributed by atoms with E-state index in [9.17, 15) is 9.59 Å². The molecule has 0 saturated carbocycles. The molecular formula is C17H23N5O3. The maximum Gasteiger partial charge on any atom is 0.274 e. The topological polar surface area (TPSA) is 93.1 Å². The van der Waals surface area contributed by atoms with E-state index >= 15 is 0 Å². The van der Waals surface area contributed by atoms with Gasteiger partial charge >= 0.3 is 0 Å². The number of nitrogens with zero attached hydrogens (tertiary/aromatic N) is 4. The van der Waals surface area contributed by atoms with Gasteiger partial charge in [0, 0.05) is 37.1 Å². The lowest BCUT2D eigenvalue weighted by atomic mass is 10.1. The summed E-state index contributed by atoms with van der Waals surface area (Å²) in [7, 11) is 0. The second kappa shape index (κ2) is 7.60. The molecule has 3 heterocycles. The highest BCUT2D eigenvalue weighted by Crippen LogP contribution is 2.14. The highest BCUT2D eigenvalue weighted by atomic mass is 16.5. The number of aryl methyl sites for hydroxylation is 3. The standard InChI is InChI=1S/C17H23N5O3/c1-3-22-12(2)8-15(20-22)17(24)21-6-7-25-14(10-21)5-4-13-9-16(23)19-11-18-13/h8-9,11,14H,3-7,10H2,1-2H3,(H,18,19,23)/t14-/m0/s1. The summed E-state index contributed by atoms with van der Waals surface area (Å²) in [5.74, 6) is -0.0575. The largest absolute Gasteiger partial charge is 0.375 e. The summed E-state index contributed by atoms with van der Waals surface area (Å²) < 4.78 is 7.59. The lowest BCUT2D eigenvalue weighted by Gasteiger charge is -2.32. The number of nitrogens with one attached hydrogen (secondary N) is 1. The van der Waals surface area contributed by atoms with Crippen molar-refractivity contribution < 1.29 is 9.53 Å². The van der Waals surface area contributed by atoms with Crippen LogP contribution in [0.5, 0.6) is 0 Å². The Balaban J connectivity index is 1.60. The molecule has 1 aliphatic heterocycles. The lowest BCUT2D eigenvalue weighted by molar-refractivity contribution is -0.0249. The maximum atomic E-state index is 12.7. The summed E-state index contributed by atoms with van der Waals surface area (Å²) in [4.78, 5) is 32.4. The SMILES string of the molecule is CCn1nc(C(=O)N2CCO[C@@H](CCc3cc(=O)[nH]cn3)C2)cc1C. The Kier molecular flexibility index (Phi) is 5.28. The van der Waals surface area contributed by atoms with Crippen LogP contribution >= 0.6 is 0 Å². The van der Waals surface area contributed by atoms with E-state index < -0.39 is 0 Å². The zero-order valence-electron chi connectivity index (χ0n) is 14.6. The molecule has 1 atom stereocenters. The van der Waals surface area contributed by atoms with Gasteiger partial charge in [0.15, 0.2) is 5.69 Å². The van der Waals surface area contributed by atoms with Gasteiger partial charge in [0.25, 0.3) is 11.5 Å². The van der Waals surface area contributed by atoms with E-state index in [2.05, 4.69) is 15.1 Å². The quantitative estimate of drug-likeness (QED) is 0.864. The molecule has 1 fully saturated rings. The van der Waals surface area contributed by atoms with Crippen molar-refractivity contribution in [1.29, 1.82) is 0 Å². The number of morpholine rings is 1. The molecule has 0 unspecified atom stereocenters. The van der Waals surface area contributed by atoms with Crippen molar-refractivity contribution in [1.82, 2.24) is 24.6 Å². The van der Waals surface area contributed by atoms with Crippen molar-refractivity contribution in [2.24, 2.45) is 0 Å². The first kappa shape index (κ1) is 17.3. The highest BCUT2D eigenvalue weighted by Gasteiger charge is 2.26. The van der Waals surface area contributed by atoms with Gasteiger partial charge in [-0.1, -0.05) is 0 Å². The van der Waals surface area contributed by atoms with Crippen LogP contribution in [0.3, 0.4) is 0 Å². The van der Waals surface area contributed by atoms with Crippen molar-refractivity contribution in [3.63, 3.8) is 0 Å². The lowest BCUT2D eigenvalue weighted by Crippen LogP contribution is -2.46. The summed E-state index contributed by atoms with van der Waals surface area (Å²) in [6.07, 6.45) is 2.69. The number of rotatable bonds is 5. The van der Waals surface area contributed by atoms with Crippen LogP contribution in [0, 0.1) is 6.92 Å².